The molecular formula is C19H29F3N2O4Si. The van der Waals surface area contributed by atoms with Gasteiger partial charge in [0.15, 0.2) is 8.32 Å². The number of carbonyl (C=O) groups is 2. The molecule has 2 atom stereocenters. The average molecular weight is 435 g/mol. The molecular weight excluding hydrogens is 405 g/mol. The van der Waals surface area contributed by atoms with Gasteiger partial charge in [-0.15, -0.1) is 0 Å². The average Bonchev–Trinajstić information content (AvgIpc) is 2.61. The third-order valence-corrected chi connectivity index (χ3v) is 9.74. The third kappa shape index (κ3) is 6.53. The van der Waals surface area contributed by atoms with E-state index in [9.17, 15) is 22.8 Å². The van der Waals surface area contributed by atoms with Crippen LogP contribution in [0.1, 0.15) is 43.7 Å². The standard InChI is InChI=1S/C19H29F3N2O4Si/c1-12(19(20,21)22)14(17(26)27-5)24-16(25)15-13(9-8-10-23-15)11-28-29(6,7)18(2,3)4/h8-10,12,14H,11H2,1-7H3,(H,24,25)/t12-,14?/m0/s1. The van der Waals surface area contributed by atoms with Crippen LogP contribution in [0.4, 0.5) is 13.2 Å². The van der Waals surface area contributed by atoms with Gasteiger partial charge in [0.25, 0.3) is 5.91 Å². The van der Waals surface area contributed by atoms with Crippen molar-refractivity contribution in [2.45, 2.75) is 64.7 Å². The highest BCUT2D eigenvalue weighted by molar-refractivity contribution is 6.74. The summed E-state index contributed by atoms with van der Waals surface area (Å²) in [5.74, 6) is -4.21. The normalized spacial score (nSPS) is 14.8. The molecule has 0 saturated carbocycles. The maximum atomic E-state index is 13.1. The van der Waals surface area contributed by atoms with Crippen molar-refractivity contribution in [1.29, 1.82) is 0 Å². The van der Waals surface area contributed by atoms with Crippen LogP contribution < -0.4 is 5.32 Å². The topological polar surface area (TPSA) is 77.5 Å². The van der Waals surface area contributed by atoms with Gasteiger partial charge in [0, 0.05) is 11.8 Å². The van der Waals surface area contributed by atoms with Crippen LogP contribution in [0, 0.1) is 5.92 Å². The van der Waals surface area contributed by atoms with E-state index in [1.54, 1.807) is 12.1 Å². The number of hydrogen-bond donors (Lipinski definition) is 1. The lowest BCUT2D eigenvalue weighted by Gasteiger charge is -2.36. The quantitative estimate of drug-likeness (QED) is 0.517. The Morgan fingerprint density at radius 1 is 1.24 bits per heavy atom. The summed E-state index contributed by atoms with van der Waals surface area (Å²) >= 11 is 0. The number of ether oxygens (including phenoxy) is 1. The molecule has 29 heavy (non-hydrogen) atoms. The number of amides is 1. The highest BCUT2D eigenvalue weighted by Crippen LogP contribution is 2.37. The summed E-state index contributed by atoms with van der Waals surface area (Å²) in [6, 6.07) is 1.34. The maximum Gasteiger partial charge on any atom is 0.394 e. The molecule has 0 spiro atoms. The number of aromatic nitrogens is 1. The molecule has 0 radical (unpaired) electrons. The molecule has 164 valence electrons. The molecule has 6 nitrogen and oxygen atoms in total. The molecule has 0 aliphatic heterocycles. The smallest absolute Gasteiger partial charge is 0.394 e. The van der Waals surface area contributed by atoms with E-state index in [1.165, 1.54) is 6.20 Å². The van der Waals surface area contributed by atoms with E-state index in [-0.39, 0.29) is 17.3 Å². The van der Waals surface area contributed by atoms with Crippen molar-refractivity contribution in [1.82, 2.24) is 10.3 Å². The second-order valence-electron chi connectivity index (χ2n) is 8.36. The highest BCUT2D eigenvalue weighted by Gasteiger charge is 2.46. The summed E-state index contributed by atoms with van der Waals surface area (Å²) in [5, 5.41) is 2.06. The molecule has 0 bridgehead atoms. The summed E-state index contributed by atoms with van der Waals surface area (Å²) in [4.78, 5) is 28.5. The van der Waals surface area contributed by atoms with Crippen molar-refractivity contribution in [3.63, 3.8) is 0 Å². The number of rotatable bonds is 7. The first-order valence-electron chi connectivity index (χ1n) is 9.15. The van der Waals surface area contributed by atoms with Gasteiger partial charge in [0.2, 0.25) is 0 Å². The summed E-state index contributed by atoms with van der Waals surface area (Å²) in [6.07, 6.45) is -3.34. The molecule has 1 N–H and O–H groups in total. The Morgan fingerprint density at radius 3 is 2.31 bits per heavy atom. The van der Waals surface area contributed by atoms with Crippen molar-refractivity contribution in [3.8, 4) is 0 Å². The zero-order valence-electron chi connectivity index (χ0n) is 17.8. The van der Waals surface area contributed by atoms with Gasteiger partial charge in [-0.2, -0.15) is 13.2 Å². The number of methoxy groups -OCH3 is 1. The van der Waals surface area contributed by atoms with Gasteiger partial charge in [-0.3, -0.25) is 9.78 Å². The predicted molar refractivity (Wildman–Crippen MR) is 105 cm³/mol. The largest absolute Gasteiger partial charge is 0.467 e. The first kappa shape index (κ1) is 25.1. The molecule has 0 aliphatic rings. The van der Waals surface area contributed by atoms with Crippen LogP contribution in [0.5, 0.6) is 0 Å². The second-order valence-corrected chi connectivity index (χ2v) is 13.2. The monoisotopic (exact) mass is 434 g/mol. The summed E-state index contributed by atoms with van der Waals surface area (Å²) in [5.41, 5.74) is 0.340. The zero-order chi connectivity index (χ0) is 22.6. The third-order valence-electron chi connectivity index (χ3n) is 5.26. The van der Waals surface area contributed by atoms with E-state index in [0.717, 1.165) is 14.0 Å². The number of pyridine rings is 1. The second kappa shape index (κ2) is 9.25. The minimum Gasteiger partial charge on any atom is -0.467 e. The van der Waals surface area contributed by atoms with Crippen LogP contribution in [0.25, 0.3) is 0 Å². The molecule has 1 heterocycles. The van der Waals surface area contributed by atoms with E-state index in [0.29, 0.717) is 5.56 Å². The number of esters is 1. The molecule has 1 aromatic heterocycles. The van der Waals surface area contributed by atoms with Crippen molar-refractivity contribution < 1.29 is 31.9 Å². The number of nitrogens with one attached hydrogen (secondary N) is 1. The van der Waals surface area contributed by atoms with Crippen molar-refractivity contribution in [2.24, 2.45) is 5.92 Å². The van der Waals surface area contributed by atoms with Gasteiger partial charge in [0.1, 0.15) is 11.7 Å². The van der Waals surface area contributed by atoms with Gasteiger partial charge in [-0.05, 0) is 24.2 Å². The number of alkyl halides is 3. The summed E-state index contributed by atoms with van der Waals surface area (Å²) < 4.78 is 49.8. The van der Waals surface area contributed by atoms with Crippen LogP contribution in [0.3, 0.4) is 0 Å². The van der Waals surface area contributed by atoms with Crippen molar-refractivity contribution >= 4 is 20.2 Å². The molecule has 1 amide bonds. The maximum absolute atomic E-state index is 13.1. The van der Waals surface area contributed by atoms with Gasteiger partial charge in [-0.25, -0.2) is 4.79 Å². The van der Waals surface area contributed by atoms with Gasteiger partial charge in [-0.1, -0.05) is 33.8 Å². The van der Waals surface area contributed by atoms with Crippen molar-refractivity contribution in [2.75, 3.05) is 7.11 Å². The Hall–Kier alpha value is -1.94. The van der Waals surface area contributed by atoms with Crippen LogP contribution in [-0.4, -0.2) is 44.5 Å². The number of nitrogens with zero attached hydrogens (tertiary/aromatic N) is 1. The van der Waals surface area contributed by atoms with Crippen LogP contribution in [-0.2, 0) is 20.6 Å². The lowest BCUT2D eigenvalue weighted by molar-refractivity contribution is -0.185. The zero-order valence-corrected chi connectivity index (χ0v) is 18.8. The molecule has 1 rings (SSSR count). The van der Waals surface area contributed by atoms with Crippen LogP contribution in [0.2, 0.25) is 18.1 Å². The van der Waals surface area contributed by atoms with E-state index in [1.807, 2.05) is 13.1 Å². The number of halogens is 3. The summed E-state index contributed by atoms with van der Waals surface area (Å²) in [6.45, 7) is 11.2. The minimum absolute atomic E-state index is 0.0598. The fourth-order valence-electron chi connectivity index (χ4n) is 2.15. The number of carbonyl (C=O) groups excluding carboxylic acids is 2. The fourth-order valence-corrected chi connectivity index (χ4v) is 3.10. The molecule has 0 fully saturated rings. The Kier molecular flexibility index (Phi) is 8.00. The number of hydrogen-bond acceptors (Lipinski definition) is 5. The Bertz CT molecular complexity index is 733. The lowest BCUT2D eigenvalue weighted by atomic mass is 10.0. The molecule has 10 heteroatoms. The molecule has 0 saturated heterocycles. The molecule has 1 unspecified atom stereocenters. The van der Waals surface area contributed by atoms with E-state index in [4.69, 9.17) is 4.43 Å². The lowest BCUT2D eigenvalue weighted by Crippen LogP contribution is -2.50. The Morgan fingerprint density at radius 2 is 1.83 bits per heavy atom. The molecule has 1 aromatic rings. The van der Waals surface area contributed by atoms with Crippen LogP contribution >= 0.6 is 0 Å². The Labute approximate surface area is 170 Å². The van der Waals surface area contributed by atoms with Crippen molar-refractivity contribution in [3.05, 3.63) is 29.6 Å². The van der Waals surface area contributed by atoms with E-state index >= 15 is 0 Å². The van der Waals surface area contributed by atoms with E-state index < -0.39 is 38.3 Å². The first-order chi connectivity index (χ1) is 13.1. The van der Waals surface area contributed by atoms with Gasteiger partial charge >= 0.3 is 12.1 Å². The van der Waals surface area contributed by atoms with Gasteiger partial charge < -0.3 is 14.5 Å². The minimum atomic E-state index is -4.69. The summed E-state index contributed by atoms with van der Waals surface area (Å²) in [7, 11) is -1.16. The molecule has 0 aliphatic carbocycles. The SMILES string of the molecule is COC(=O)C(NC(=O)c1ncccc1CO[Si](C)(C)C(C)(C)C)[C@H](C)C(F)(F)F. The van der Waals surface area contributed by atoms with E-state index in [2.05, 4.69) is 35.8 Å². The van der Waals surface area contributed by atoms with Crippen LogP contribution in [0.15, 0.2) is 18.3 Å². The predicted octanol–water partition coefficient (Wildman–Crippen LogP) is 4.07. The fraction of sp³-hybridized carbons (Fsp3) is 0.632. The first-order valence-corrected chi connectivity index (χ1v) is 12.1. The molecule has 0 aromatic carbocycles. The van der Waals surface area contributed by atoms with Gasteiger partial charge in [0.05, 0.1) is 19.6 Å². The highest BCUT2D eigenvalue weighted by atomic mass is 28.4. The Balaban J connectivity index is 3.09.